The van der Waals surface area contributed by atoms with E-state index in [9.17, 15) is 17.6 Å². The van der Waals surface area contributed by atoms with Gasteiger partial charge in [0.15, 0.2) is 0 Å². The highest BCUT2D eigenvalue weighted by Gasteiger charge is 2.27. The molecule has 156 valence electrons. The molecule has 0 aliphatic rings. The van der Waals surface area contributed by atoms with Crippen LogP contribution in [-0.4, -0.2) is 25.2 Å². The number of nitrogens with one attached hydrogen (secondary N) is 1. The van der Waals surface area contributed by atoms with E-state index < -0.39 is 28.3 Å². The first-order valence-corrected chi connectivity index (χ1v) is 11.8. The molecule has 0 atom stereocenters. The van der Waals surface area contributed by atoms with Gasteiger partial charge in [-0.1, -0.05) is 62.2 Å². The van der Waals surface area contributed by atoms with Crippen LogP contribution in [0.1, 0.15) is 5.56 Å². The number of hydrogen-bond acceptors (Lipinski definition) is 3. The van der Waals surface area contributed by atoms with Gasteiger partial charge in [-0.25, -0.2) is 12.8 Å². The van der Waals surface area contributed by atoms with Crippen molar-refractivity contribution in [2.45, 2.75) is 11.4 Å². The Morgan fingerprint density at radius 1 is 0.933 bits per heavy atom. The van der Waals surface area contributed by atoms with Gasteiger partial charge >= 0.3 is 0 Å². The molecule has 0 fully saturated rings. The minimum absolute atomic E-state index is 0.00449. The Kier molecular flexibility index (Phi) is 7.41. The summed E-state index contributed by atoms with van der Waals surface area (Å²) in [5.41, 5.74) is 0.699. The zero-order chi connectivity index (χ0) is 21.7. The average Bonchev–Trinajstić information content (AvgIpc) is 2.71. The number of amides is 1. The van der Waals surface area contributed by atoms with Gasteiger partial charge in [0.05, 0.1) is 17.1 Å². The maximum atomic E-state index is 14.1. The van der Waals surface area contributed by atoms with Gasteiger partial charge in [-0.3, -0.25) is 4.79 Å². The van der Waals surface area contributed by atoms with Crippen molar-refractivity contribution in [1.82, 2.24) is 4.31 Å². The minimum Gasteiger partial charge on any atom is -0.322 e. The van der Waals surface area contributed by atoms with Crippen molar-refractivity contribution in [3.8, 4) is 0 Å². The fourth-order valence-corrected chi connectivity index (χ4v) is 4.69. The number of benzene rings is 3. The molecule has 0 aliphatic heterocycles. The standard InChI is InChI=1S/C21H17Br2FN2O3S/c22-16-6-9-18(10-7-16)30(28,29)26(13-15-4-2-1-3-5-15)14-21(27)25-20-11-8-17(23)12-19(20)24/h1-12H,13-14H2,(H,25,27). The molecule has 3 aromatic carbocycles. The normalized spacial score (nSPS) is 11.5. The Hall–Kier alpha value is -2.07. The maximum Gasteiger partial charge on any atom is 0.243 e. The second-order valence-corrected chi connectivity index (χ2v) is 10.2. The van der Waals surface area contributed by atoms with Gasteiger partial charge in [-0.2, -0.15) is 4.31 Å². The van der Waals surface area contributed by atoms with Crippen LogP contribution in [0.3, 0.4) is 0 Å². The summed E-state index contributed by atoms with van der Waals surface area (Å²) in [6, 6.07) is 19.3. The first-order valence-electron chi connectivity index (χ1n) is 8.80. The molecule has 9 heteroatoms. The molecule has 0 radical (unpaired) electrons. The minimum atomic E-state index is -3.97. The largest absolute Gasteiger partial charge is 0.322 e. The van der Waals surface area contributed by atoms with Crippen molar-refractivity contribution in [2.75, 3.05) is 11.9 Å². The van der Waals surface area contributed by atoms with Crippen LogP contribution in [-0.2, 0) is 21.4 Å². The van der Waals surface area contributed by atoms with Crippen molar-refractivity contribution in [3.63, 3.8) is 0 Å². The number of carbonyl (C=O) groups is 1. The third-order valence-electron chi connectivity index (χ3n) is 4.18. The topological polar surface area (TPSA) is 66.5 Å². The van der Waals surface area contributed by atoms with Crippen molar-refractivity contribution in [2.24, 2.45) is 0 Å². The number of rotatable bonds is 7. The molecule has 3 aromatic rings. The van der Waals surface area contributed by atoms with Crippen molar-refractivity contribution < 1.29 is 17.6 Å². The van der Waals surface area contributed by atoms with Crippen LogP contribution >= 0.6 is 31.9 Å². The average molecular weight is 556 g/mol. The van der Waals surface area contributed by atoms with E-state index in [2.05, 4.69) is 37.2 Å². The number of nitrogens with zero attached hydrogens (tertiary/aromatic N) is 1. The summed E-state index contributed by atoms with van der Waals surface area (Å²) in [5, 5.41) is 2.44. The van der Waals surface area contributed by atoms with Gasteiger partial charge in [0, 0.05) is 15.5 Å². The smallest absolute Gasteiger partial charge is 0.243 e. The van der Waals surface area contributed by atoms with E-state index >= 15 is 0 Å². The van der Waals surface area contributed by atoms with E-state index in [1.807, 2.05) is 6.07 Å². The Morgan fingerprint density at radius 3 is 2.20 bits per heavy atom. The van der Waals surface area contributed by atoms with Crippen LogP contribution in [0.15, 0.2) is 86.6 Å². The van der Waals surface area contributed by atoms with Crippen LogP contribution < -0.4 is 5.32 Å². The summed E-state index contributed by atoms with van der Waals surface area (Å²) in [4.78, 5) is 12.6. The fourth-order valence-electron chi connectivity index (χ4n) is 2.71. The zero-order valence-electron chi connectivity index (χ0n) is 15.6. The van der Waals surface area contributed by atoms with E-state index in [1.54, 1.807) is 42.5 Å². The zero-order valence-corrected chi connectivity index (χ0v) is 19.5. The molecule has 0 aromatic heterocycles. The van der Waals surface area contributed by atoms with Crippen molar-refractivity contribution in [1.29, 1.82) is 0 Å². The number of anilines is 1. The SMILES string of the molecule is O=C(CN(Cc1ccccc1)S(=O)(=O)c1ccc(Br)cc1)Nc1ccc(Br)cc1F. The van der Waals surface area contributed by atoms with Crippen LogP contribution in [0.25, 0.3) is 0 Å². The molecule has 0 unspecified atom stereocenters. The summed E-state index contributed by atoms with van der Waals surface area (Å²) in [5.74, 6) is -1.27. The first-order chi connectivity index (χ1) is 14.3. The lowest BCUT2D eigenvalue weighted by Gasteiger charge is -2.22. The molecule has 0 saturated heterocycles. The highest BCUT2D eigenvalue weighted by atomic mass is 79.9. The molecule has 3 rings (SSSR count). The number of sulfonamides is 1. The van der Waals surface area contributed by atoms with Crippen LogP contribution in [0.5, 0.6) is 0 Å². The highest BCUT2D eigenvalue weighted by Crippen LogP contribution is 2.22. The second kappa shape index (κ2) is 9.82. The lowest BCUT2D eigenvalue weighted by molar-refractivity contribution is -0.116. The molecule has 1 amide bonds. The first kappa shape index (κ1) is 22.6. The van der Waals surface area contributed by atoms with Crippen LogP contribution in [0, 0.1) is 5.82 Å². The Labute approximate surface area is 191 Å². The number of halogens is 3. The molecular weight excluding hydrogens is 539 g/mol. The van der Waals surface area contributed by atoms with Gasteiger partial charge in [0.25, 0.3) is 0 Å². The summed E-state index contributed by atoms with van der Waals surface area (Å²) in [6.45, 7) is -0.474. The van der Waals surface area contributed by atoms with E-state index in [0.29, 0.717) is 4.47 Å². The third-order valence-corrected chi connectivity index (χ3v) is 7.01. The van der Waals surface area contributed by atoms with Crippen LogP contribution in [0.2, 0.25) is 0 Å². The molecule has 0 saturated carbocycles. The Bertz CT molecular complexity index is 1140. The molecule has 0 bridgehead atoms. The van der Waals surface area contributed by atoms with Crippen molar-refractivity contribution >= 4 is 53.5 Å². The van der Waals surface area contributed by atoms with Gasteiger partial charge in [-0.05, 0) is 48.0 Å². The lowest BCUT2D eigenvalue weighted by Crippen LogP contribution is -2.37. The molecule has 5 nitrogen and oxygen atoms in total. The Morgan fingerprint density at radius 2 is 1.57 bits per heavy atom. The predicted octanol–water partition coefficient (Wildman–Crippen LogP) is 5.18. The number of hydrogen-bond donors (Lipinski definition) is 1. The fraction of sp³-hybridized carbons (Fsp3) is 0.0952. The Balaban J connectivity index is 1.87. The van der Waals surface area contributed by atoms with Gasteiger partial charge in [0.1, 0.15) is 5.82 Å². The van der Waals surface area contributed by atoms with E-state index in [1.165, 1.54) is 24.3 Å². The molecule has 0 spiro atoms. The molecule has 0 aliphatic carbocycles. The molecule has 30 heavy (non-hydrogen) atoms. The molecular formula is C21H17Br2FN2O3S. The summed E-state index contributed by atoms with van der Waals surface area (Å²) >= 11 is 6.43. The second-order valence-electron chi connectivity index (χ2n) is 6.38. The van der Waals surface area contributed by atoms with E-state index in [4.69, 9.17) is 0 Å². The monoisotopic (exact) mass is 554 g/mol. The lowest BCUT2D eigenvalue weighted by atomic mass is 10.2. The maximum absolute atomic E-state index is 14.1. The quantitative estimate of drug-likeness (QED) is 0.437. The summed E-state index contributed by atoms with van der Waals surface area (Å²) in [6.07, 6.45) is 0. The highest BCUT2D eigenvalue weighted by molar-refractivity contribution is 9.10. The van der Waals surface area contributed by atoms with Gasteiger partial charge in [0.2, 0.25) is 15.9 Å². The summed E-state index contributed by atoms with van der Waals surface area (Å²) in [7, 11) is -3.97. The van der Waals surface area contributed by atoms with Gasteiger partial charge in [-0.15, -0.1) is 0 Å². The third kappa shape index (κ3) is 5.75. The van der Waals surface area contributed by atoms with E-state index in [-0.39, 0.29) is 17.1 Å². The molecule has 0 heterocycles. The summed E-state index contributed by atoms with van der Waals surface area (Å²) < 4.78 is 42.8. The van der Waals surface area contributed by atoms with Crippen molar-refractivity contribution in [3.05, 3.63) is 93.1 Å². The van der Waals surface area contributed by atoms with E-state index in [0.717, 1.165) is 14.3 Å². The predicted molar refractivity (Wildman–Crippen MR) is 121 cm³/mol. The van der Waals surface area contributed by atoms with Gasteiger partial charge < -0.3 is 5.32 Å². The molecule has 1 N–H and O–H groups in total. The van der Waals surface area contributed by atoms with Crippen LogP contribution in [0.4, 0.5) is 10.1 Å². The number of carbonyl (C=O) groups excluding carboxylic acids is 1.